The van der Waals surface area contributed by atoms with Gasteiger partial charge in [-0.25, -0.2) is 8.78 Å². The first-order valence-electron chi connectivity index (χ1n) is 11.3. The van der Waals surface area contributed by atoms with E-state index in [1.54, 1.807) is 12.1 Å². The molecule has 0 aliphatic heterocycles. The number of rotatable bonds is 8. The summed E-state index contributed by atoms with van der Waals surface area (Å²) in [6.07, 6.45) is 15.3. The fourth-order valence-corrected chi connectivity index (χ4v) is 5.19. The number of benzene rings is 1. The lowest BCUT2D eigenvalue weighted by molar-refractivity contribution is 0.151. The molecule has 0 amide bonds. The lowest BCUT2D eigenvalue weighted by Crippen LogP contribution is -2.17. The number of alkyl halides is 3. The van der Waals surface area contributed by atoms with Crippen LogP contribution in [-0.4, -0.2) is 6.67 Å². The Balaban J connectivity index is 1.34. The van der Waals surface area contributed by atoms with Crippen LogP contribution in [0.5, 0.6) is 0 Å². The SMILES string of the molecule is FCC/C=C/[C@H]1CC[C@H](CCC2CCC(c3ccc(C(F)F)cc3)CC2)CC1. The first-order valence-corrected chi connectivity index (χ1v) is 11.3. The standard InChI is InChI=1S/C25H35F3/c26-18-2-1-3-19-4-6-20(7-5-19)8-9-21-10-12-22(13-11-21)23-14-16-24(17-15-23)25(27)28/h1,3,14-17,19-22,25H,2,4-13,18H2/b3-1+/t19-,20-,21?,22?. The molecule has 0 bridgehead atoms. The highest BCUT2D eigenvalue weighted by atomic mass is 19.3. The van der Waals surface area contributed by atoms with Crippen LogP contribution in [-0.2, 0) is 0 Å². The molecule has 0 spiro atoms. The maximum absolute atomic E-state index is 12.7. The van der Waals surface area contributed by atoms with Crippen LogP contribution < -0.4 is 0 Å². The second-order valence-electron chi connectivity index (χ2n) is 8.95. The number of hydrogen-bond donors (Lipinski definition) is 0. The van der Waals surface area contributed by atoms with Gasteiger partial charge in [-0.05, 0) is 87.0 Å². The molecule has 2 aliphatic carbocycles. The van der Waals surface area contributed by atoms with Gasteiger partial charge in [-0.3, -0.25) is 4.39 Å². The molecule has 1 aromatic rings. The van der Waals surface area contributed by atoms with Gasteiger partial charge in [-0.1, -0.05) is 49.3 Å². The molecule has 1 aromatic carbocycles. The van der Waals surface area contributed by atoms with E-state index in [0.29, 0.717) is 18.3 Å². The molecule has 0 aromatic heterocycles. The van der Waals surface area contributed by atoms with Crippen molar-refractivity contribution in [3.05, 3.63) is 47.5 Å². The molecule has 156 valence electrons. The molecular formula is C25H35F3. The number of hydrogen-bond acceptors (Lipinski definition) is 0. The fourth-order valence-electron chi connectivity index (χ4n) is 5.19. The zero-order chi connectivity index (χ0) is 19.8. The zero-order valence-corrected chi connectivity index (χ0v) is 17.0. The van der Waals surface area contributed by atoms with Gasteiger partial charge in [0.05, 0.1) is 6.67 Å². The van der Waals surface area contributed by atoms with Crippen molar-refractivity contribution >= 4 is 0 Å². The summed E-state index contributed by atoms with van der Waals surface area (Å²) >= 11 is 0. The minimum atomic E-state index is -2.37. The summed E-state index contributed by atoms with van der Waals surface area (Å²) in [7, 11) is 0. The van der Waals surface area contributed by atoms with Gasteiger partial charge in [0.15, 0.2) is 0 Å². The van der Waals surface area contributed by atoms with Gasteiger partial charge in [-0.2, -0.15) is 0 Å². The first-order chi connectivity index (χ1) is 13.7. The molecule has 0 N–H and O–H groups in total. The van der Waals surface area contributed by atoms with E-state index in [9.17, 15) is 13.2 Å². The van der Waals surface area contributed by atoms with E-state index in [4.69, 9.17) is 0 Å². The Bertz CT molecular complexity index is 576. The van der Waals surface area contributed by atoms with Crippen LogP contribution in [0.15, 0.2) is 36.4 Å². The third-order valence-electron chi connectivity index (χ3n) is 7.07. The maximum Gasteiger partial charge on any atom is 0.263 e. The molecule has 0 unspecified atom stereocenters. The zero-order valence-electron chi connectivity index (χ0n) is 17.0. The molecule has 2 fully saturated rings. The number of allylic oxidation sites excluding steroid dienone is 2. The van der Waals surface area contributed by atoms with Crippen molar-refractivity contribution in [1.29, 1.82) is 0 Å². The normalized spacial score (nSPS) is 28.9. The fraction of sp³-hybridized carbons (Fsp3) is 0.680. The molecule has 3 heteroatoms. The van der Waals surface area contributed by atoms with Gasteiger partial charge in [0.25, 0.3) is 6.43 Å². The predicted molar refractivity (Wildman–Crippen MR) is 111 cm³/mol. The summed E-state index contributed by atoms with van der Waals surface area (Å²) in [5.74, 6) is 2.95. The van der Waals surface area contributed by atoms with E-state index < -0.39 is 6.43 Å². The smallest absolute Gasteiger partial charge is 0.251 e. The van der Waals surface area contributed by atoms with Crippen molar-refractivity contribution in [2.45, 2.75) is 83.0 Å². The van der Waals surface area contributed by atoms with E-state index >= 15 is 0 Å². The Morgan fingerprint density at radius 2 is 1.39 bits per heavy atom. The van der Waals surface area contributed by atoms with Gasteiger partial charge in [0, 0.05) is 5.56 Å². The summed E-state index contributed by atoms with van der Waals surface area (Å²) in [5.41, 5.74) is 1.37. The molecule has 0 nitrogen and oxygen atoms in total. The molecule has 2 aliphatic rings. The monoisotopic (exact) mass is 392 g/mol. The number of halogens is 3. The molecule has 0 saturated heterocycles. The highest BCUT2D eigenvalue weighted by Gasteiger charge is 2.25. The average Bonchev–Trinajstić information content (AvgIpc) is 2.74. The third-order valence-corrected chi connectivity index (χ3v) is 7.07. The Kier molecular flexibility index (Phi) is 8.48. The Hall–Kier alpha value is -1.25. The first kappa shape index (κ1) is 21.5. The minimum Gasteiger partial charge on any atom is -0.251 e. The second-order valence-corrected chi connectivity index (χ2v) is 8.95. The van der Waals surface area contributed by atoms with Crippen molar-refractivity contribution in [2.24, 2.45) is 17.8 Å². The Morgan fingerprint density at radius 1 is 0.821 bits per heavy atom. The molecule has 0 heterocycles. The summed E-state index contributed by atoms with van der Waals surface area (Å²) in [6, 6.07) is 7.00. The average molecular weight is 393 g/mol. The van der Waals surface area contributed by atoms with E-state index in [2.05, 4.69) is 6.08 Å². The van der Waals surface area contributed by atoms with Gasteiger partial charge >= 0.3 is 0 Å². The summed E-state index contributed by atoms with van der Waals surface area (Å²) in [5, 5.41) is 0. The van der Waals surface area contributed by atoms with E-state index in [1.807, 2.05) is 18.2 Å². The van der Waals surface area contributed by atoms with Gasteiger partial charge in [-0.15, -0.1) is 0 Å². The largest absolute Gasteiger partial charge is 0.263 e. The van der Waals surface area contributed by atoms with Gasteiger partial charge in [0.1, 0.15) is 0 Å². The highest BCUT2D eigenvalue weighted by molar-refractivity contribution is 5.26. The topological polar surface area (TPSA) is 0 Å². The minimum absolute atomic E-state index is 0.130. The van der Waals surface area contributed by atoms with Crippen LogP contribution >= 0.6 is 0 Å². The van der Waals surface area contributed by atoms with Crippen LogP contribution in [0.2, 0.25) is 0 Å². The molecule has 0 atom stereocenters. The lowest BCUT2D eigenvalue weighted by atomic mass is 9.74. The molecule has 2 saturated carbocycles. The van der Waals surface area contributed by atoms with Crippen molar-refractivity contribution in [2.75, 3.05) is 6.67 Å². The summed E-state index contributed by atoms with van der Waals surface area (Å²) in [4.78, 5) is 0. The highest BCUT2D eigenvalue weighted by Crippen LogP contribution is 2.40. The van der Waals surface area contributed by atoms with E-state index in [0.717, 1.165) is 11.8 Å². The molecule has 3 rings (SSSR count). The van der Waals surface area contributed by atoms with E-state index in [1.165, 1.54) is 69.8 Å². The van der Waals surface area contributed by atoms with Crippen molar-refractivity contribution in [1.82, 2.24) is 0 Å². The molecule has 28 heavy (non-hydrogen) atoms. The van der Waals surface area contributed by atoms with Crippen LogP contribution in [0.1, 0.15) is 94.1 Å². The quantitative estimate of drug-likeness (QED) is 0.390. The van der Waals surface area contributed by atoms with Crippen molar-refractivity contribution in [3.8, 4) is 0 Å². The van der Waals surface area contributed by atoms with Gasteiger partial charge in [0.2, 0.25) is 0 Å². The van der Waals surface area contributed by atoms with Gasteiger partial charge < -0.3 is 0 Å². The van der Waals surface area contributed by atoms with Crippen LogP contribution in [0.4, 0.5) is 13.2 Å². The lowest BCUT2D eigenvalue weighted by Gasteiger charge is -2.31. The van der Waals surface area contributed by atoms with Crippen molar-refractivity contribution < 1.29 is 13.2 Å². The Morgan fingerprint density at radius 3 is 1.93 bits per heavy atom. The van der Waals surface area contributed by atoms with Crippen LogP contribution in [0.3, 0.4) is 0 Å². The van der Waals surface area contributed by atoms with E-state index in [-0.39, 0.29) is 12.2 Å². The van der Waals surface area contributed by atoms with Crippen LogP contribution in [0, 0.1) is 17.8 Å². The third kappa shape index (κ3) is 6.39. The maximum atomic E-state index is 12.7. The van der Waals surface area contributed by atoms with Crippen LogP contribution in [0.25, 0.3) is 0 Å². The molecular weight excluding hydrogens is 357 g/mol. The Labute approximate surface area is 168 Å². The second kappa shape index (κ2) is 11.1. The predicted octanol–water partition coefficient (Wildman–Crippen LogP) is 8.40. The van der Waals surface area contributed by atoms with Crippen molar-refractivity contribution in [3.63, 3.8) is 0 Å². The molecule has 0 radical (unpaired) electrons. The summed E-state index contributed by atoms with van der Waals surface area (Å²) in [6.45, 7) is -0.241. The summed E-state index contributed by atoms with van der Waals surface area (Å²) < 4.78 is 37.6.